The molecule has 0 fully saturated rings. The second kappa shape index (κ2) is 9.62. The molecule has 7 nitrogen and oxygen atoms in total. The minimum absolute atomic E-state index is 0.505. The number of fused-ring (bicyclic) bond motifs is 10. The molecule has 10 rings (SSSR count). The zero-order valence-electron chi connectivity index (χ0n) is 24.0. The minimum Gasteiger partial charge on any atom is -0.293 e. The molecule has 5 heterocycles. The molecule has 0 aliphatic carbocycles. The number of nitrogens with zero attached hydrogens (tertiary/aromatic N) is 7. The number of hydrogen-bond donors (Lipinski definition) is 0. The van der Waals surface area contributed by atoms with E-state index in [1.807, 2.05) is 18.2 Å². The fourth-order valence-corrected chi connectivity index (χ4v) is 8.03. The van der Waals surface area contributed by atoms with Crippen LogP contribution in [0.4, 0.5) is 0 Å². The average molecular weight is 723 g/mol. The molecule has 5 aromatic carbocycles. The van der Waals surface area contributed by atoms with Crippen LogP contribution >= 0.6 is 31.9 Å². The third-order valence-corrected chi connectivity index (χ3v) is 9.54. The molecular weight excluding hydrogens is 702 g/mol. The van der Waals surface area contributed by atoms with Crippen LogP contribution in [0.5, 0.6) is 0 Å². The molecule has 0 aliphatic rings. The molecule has 9 heteroatoms. The van der Waals surface area contributed by atoms with Crippen LogP contribution in [0.2, 0.25) is 0 Å². The zero-order valence-corrected chi connectivity index (χ0v) is 27.2. The topological polar surface area (TPSA) is 57.4 Å². The fraction of sp³-hybridized carbons (Fsp3) is 0. The van der Waals surface area contributed by atoms with Crippen LogP contribution in [0.15, 0.2) is 137 Å². The van der Waals surface area contributed by atoms with E-state index in [4.69, 9.17) is 9.97 Å². The molecule has 10 aromatic rings. The highest BCUT2D eigenvalue weighted by Crippen LogP contribution is 2.44. The van der Waals surface area contributed by atoms with Crippen LogP contribution in [-0.4, -0.2) is 32.9 Å². The van der Waals surface area contributed by atoms with Gasteiger partial charge in [-0.05, 0) is 92.5 Å². The number of rotatable bonds is 3. The summed E-state index contributed by atoms with van der Waals surface area (Å²) in [5.41, 5.74) is 12.2. The fourth-order valence-electron chi connectivity index (χ4n) is 7.02. The van der Waals surface area contributed by atoms with Crippen molar-refractivity contribution in [2.75, 3.05) is 0 Å². The Hall–Kier alpha value is -5.25. The molecule has 46 heavy (non-hydrogen) atoms. The van der Waals surface area contributed by atoms with Crippen LogP contribution in [0.25, 0.3) is 78.1 Å². The third kappa shape index (κ3) is 3.55. The van der Waals surface area contributed by atoms with E-state index in [9.17, 15) is 0 Å². The van der Waals surface area contributed by atoms with E-state index in [2.05, 4.69) is 164 Å². The molecule has 0 radical (unpaired) electrons. The number of para-hydroxylation sites is 5. The number of aromatic nitrogens is 7. The van der Waals surface area contributed by atoms with Crippen molar-refractivity contribution in [3.63, 3.8) is 0 Å². The smallest absolute Gasteiger partial charge is 0.220 e. The number of imidazole rings is 3. The lowest BCUT2D eigenvalue weighted by Gasteiger charge is -2.14. The van der Waals surface area contributed by atoms with Crippen molar-refractivity contribution in [2.45, 2.75) is 0 Å². The lowest BCUT2D eigenvalue weighted by molar-refractivity contribution is 1.08. The predicted octanol–water partition coefficient (Wildman–Crippen LogP) is 9.76. The third-order valence-electron chi connectivity index (χ3n) is 8.78. The Morgan fingerprint density at radius 2 is 1.13 bits per heavy atom. The standard InChI is InChI=1S/C37H21Br2N7/c38-31-20-26(40-36(39)42-31)33-34-29(45-27-17-9-7-11-22(27)19-32(45)43(34)23-12-3-1-4-13-23)21-30-35(33)44(24-14-5-2-6-15-24)37-41-25-16-8-10-18-28(25)46(30)37/h1-21H. The molecular formula is C37H21Br2N7. The first-order valence-electron chi connectivity index (χ1n) is 14.9. The van der Waals surface area contributed by atoms with E-state index in [0.29, 0.717) is 9.34 Å². The number of halogens is 2. The van der Waals surface area contributed by atoms with Crippen molar-refractivity contribution in [1.29, 1.82) is 0 Å². The van der Waals surface area contributed by atoms with Gasteiger partial charge in [0.25, 0.3) is 0 Å². The summed E-state index contributed by atoms with van der Waals surface area (Å²) in [6, 6.07) is 44.5. The molecule has 0 N–H and O–H groups in total. The Balaban J connectivity index is 1.56. The summed E-state index contributed by atoms with van der Waals surface area (Å²) in [6.45, 7) is 0. The van der Waals surface area contributed by atoms with E-state index in [1.165, 1.54) is 5.39 Å². The Morgan fingerprint density at radius 3 is 1.89 bits per heavy atom. The molecule has 0 saturated heterocycles. The van der Waals surface area contributed by atoms with Crippen molar-refractivity contribution >= 4 is 87.3 Å². The maximum atomic E-state index is 5.22. The van der Waals surface area contributed by atoms with Gasteiger partial charge in [-0.3, -0.25) is 17.9 Å². The molecule has 0 amide bonds. The van der Waals surface area contributed by atoms with E-state index in [0.717, 1.165) is 72.7 Å². The van der Waals surface area contributed by atoms with Gasteiger partial charge in [0.1, 0.15) is 10.3 Å². The van der Waals surface area contributed by atoms with Crippen LogP contribution in [-0.2, 0) is 0 Å². The predicted molar refractivity (Wildman–Crippen MR) is 191 cm³/mol. The van der Waals surface area contributed by atoms with Crippen molar-refractivity contribution in [3.8, 4) is 22.6 Å². The molecule has 0 atom stereocenters. The summed E-state index contributed by atoms with van der Waals surface area (Å²) in [4.78, 5) is 14.7. The van der Waals surface area contributed by atoms with Crippen LogP contribution in [0, 0.1) is 0 Å². The first kappa shape index (κ1) is 26.0. The van der Waals surface area contributed by atoms with Crippen LogP contribution in [0.1, 0.15) is 0 Å². The monoisotopic (exact) mass is 721 g/mol. The van der Waals surface area contributed by atoms with Crippen molar-refractivity contribution in [2.24, 2.45) is 0 Å². The van der Waals surface area contributed by atoms with Crippen molar-refractivity contribution in [1.82, 2.24) is 32.9 Å². The normalized spacial score (nSPS) is 12.1. The van der Waals surface area contributed by atoms with Crippen molar-refractivity contribution < 1.29 is 0 Å². The number of benzene rings is 5. The van der Waals surface area contributed by atoms with Gasteiger partial charge in [0.15, 0.2) is 4.73 Å². The molecule has 0 aliphatic heterocycles. The summed E-state index contributed by atoms with van der Waals surface area (Å²) in [5, 5.41) is 1.18. The van der Waals surface area contributed by atoms with E-state index in [-0.39, 0.29) is 0 Å². The first-order chi connectivity index (χ1) is 22.7. The highest BCUT2D eigenvalue weighted by atomic mass is 79.9. The van der Waals surface area contributed by atoms with E-state index in [1.54, 1.807) is 0 Å². The molecule has 0 unspecified atom stereocenters. The maximum Gasteiger partial charge on any atom is 0.220 e. The number of hydrogen-bond acceptors (Lipinski definition) is 3. The molecule has 218 valence electrons. The van der Waals surface area contributed by atoms with Gasteiger partial charge >= 0.3 is 0 Å². The Kier molecular flexibility index (Phi) is 5.44. The maximum absolute atomic E-state index is 5.22. The first-order valence-corrected chi connectivity index (χ1v) is 16.4. The largest absolute Gasteiger partial charge is 0.293 e. The quantitative estimate of drug-likeness (QED) is 0.135. The summed E-state index contributed by atoms with van der Waals surface area (Å²) in [5.74, 6) is 0.836. The summed E-state index contributed by atoms with van der Waals surface area (Å²) in [6.07, 6.45) is 0. The lowest BCUT2D eigenvalue weighted by atomic mass is 10.1. The van der Waals surface area contributed by atoms with Crippen molar-refractivity contribution in [3.05, 3.63) is 137 Å². The van der Waals surface area contributed by atoms with Gasteiger partial charge in [-0.25, -0.2) is 15.0 Å². The molecule has 0 bridgehead atoms. The van der Waals surface area contributed by atoms with Crippen LogP contribution < -0.4 is 0 Å². The second-order valence-corrected chi connectivity index (χ2v) is 12.8. The van der Waals surface area contributed by atoms with Gasteiger partial charge in [0.2, 0.25) is 5.78 Å². The Morgan fingerprint density at radius 1 is 0.500 bits per heavy atom. The Bertz CT molecular complexity index is 2640. The SMILES string of the molecule is Brc1cc(-c2c3c(cc4c2n(-c2ccccc2)c2nc5ccccc5n42)n2c4ccccc4cc2n3-c2ccccc2)nc(Br)n1. The highest BCUT2D eigenvalue weighted by Gasteiger charge is 2.28. The van der Waals surface area contributed by atoms with E-state index < -0.39 is 0 Å². The van der Waals surface area contributed by atoms with Crippen LogP contribution in [0.3, 0.4) is 0 Å². The molecule has 0 saturated carbocycles. The molecule has 5 aromatic heterocycles. The summed E-state index contributed by atoms with van der Waals surface area (Å²) in [7, 11) is 0. The Labute approximate surface area is 278 Å². The second-order valence-electron chi connectivity index (χ2n) is 11.3. The van der Waals surface area contributed by atoms with Gasteiger partial charge in [-0.2, -0.15) is 0 Å². The summed E-state index contributed by atoms with van der Waals surface area (Å²) >= 11 is 7.26. The van der Waals surface area contributed by atoms with Gasteiger partial charge < -0.3 is 0 Å². The summed E-state index contributed by atoms with van der Waals surface area (Å²) < 4.78 is 10.5. The van der Waals surface area contributed by atoms with Gasteiger partial charge in [-0.15, -0.1) is 0 Å². The minimum atomic E-state index is 0.505. The lowest BCUT2D eigenvalue weighted by Crippen LogP contribution is -2.01. The van der Waals surface area contributed by atoms with E-state index >= 15 is 0 Å². The van der Waals surface area contributed by atoms with Gasteiger partial charge in [-0.1, -0.05) is 66.7 Å². The highest BCUT2D eigenvalue weighted by molar-refractivity contribution is 9.11. The zero-order chi connectivity index (χ0) is 30.5. The molecule has 0 spiro atoms. The van der Waals surface area contributed by atoms with Gasteiger partial charge in [0, 0.05) is 16.8 Å². The van der Waals surface area contributed by atoms with Gasteiger partial charge in [0.05, 0.1) is 49.9 Å². The average Bonchev–Trinajstić information content (AvgIpc) is 3.80.